The summed E-state index contributed by atoms with van der Waals surface area (Å²) in [6.45, 7) is 1.73. The van der Waals surface area contributed by atoms with Gasteiger partial charge >= 0.3 is 0 Å². The molecule has 0 amide bonds. The Labute approximate surface area is 109 Å². The molecule has 1 nitrogen and oxygen atoms in total. The van der Waals surface area contributed by atoms with E-state index >= 15 is 0 Å². The third kappa shape index (κ3) is 2.30. The number of aryl methyl sites for hydroxylation is 1. The molecule has 0 atom stereocenters. The molecule has 0 saturated carbocycles. The Morgan fingerprint density at radius 3 is 2.35 bits per heavy atom. The maximum Gasteiger partial charge on any atom is 0.209 e. The van der Waals surface area contributed by atoms with E-state index in [1.165, 1.54) is 11.3 Å². The average Bonchev–Trinajstić information content (AvgIpc) is 2.62. The van der Waals surface area contributed by atoms with Gasteiger partial charge in [0.25, 0.3) is 0 Å². The van der Waals surface area contributed by atoms with Gasteiger partial charge in [0.2, 0.25) is 5.78 Å². The van der Waals surface area contributed by atoms with Gasteiger partial charge < -0.3 is 0 Å². The average molecular weight is 317 g/mol. The number of hydrogen-bond acceptors (Lipinski definition) is 2. The predicted molar refractivity (Wildman–Crippen MR) is 66.5 cm³/mol. The van der Waals surface area contributed by atoms with Crippen LogP contribution in [0.4, 0.5) is 8.78 Å². The highest BCUT2D eigenvalue weighted by Crippen LogP contribution is 2.25. The topological polar surface area (TPSA) is 17.1 Å². The van der Waals surface area contributed by atoms with Crippen LogP contribution in [0.15, 0.2) is 28.1 Å². The largest absolute Gasteiger partial charge is 0.287 e. The molecule has 88 valence electrons. The normalized spacial score (nSPS) is 10.6. The van der Waals surface area contributed by atoms with Gasteiger partial charge in [0.05, 0.1) is 10.4 Å². The van der Waals surface area contributed by atoms with E-state index in [9.17, 15) is 13.6 Å². The summed E-state index contributed by atoms with van der Waals surface area (Å²) in [5, 5.41) is 1.72. The zero-order chi connectivity index (χ0) is 12.6. The van der Waals surface area contributed by atoms with Gasteiger partial charge in [-0.15, -0.1) is 11.3 Å². The van der Waals surface area contributed by atoms with Crippen molar-refractivity contribution in [3.05, 3.63) is 55.7 Å². The van der Waals surface area contributed by atoms with Crippen molar-refractivity contribution < 1.29 is 13.6 Å². The van der Waals surface area contributed by atoms with Crippen LogP contribution in [0.25, 0.3) is 0 Å². The van der Waals surface area contributed by atoms with Gasteiger partial charge in [0.15, 0.2) is 0 Å². The lowest BCUT2D eigenvalue weighted by atomic mass is 10.1. The molecular weight excluding hydrogens is 310 g/mol. The van der Waals surface area contributed by atoms with Crippen LogP contribution in [-0.2, 0) is 0 Å². The number of thiophene rings is 1. The molecule has 0 unspecified atom stereocenters. The summed E-state index contributed by atoms with van der Waals surface area (Å²) in [4.78, 5) is 12.4. The van der Waals surface area contributed by atoms with Crippen molar-refractivity contribution in [1.29, 1.82) is 0 Å². The second-order valence-corrected chi connectivity index (χ2v) is 5.34. The van der Waals surface area contributed by atoms with E-state index in [0.29, 0.717) is 4.88 Å². The minimum atomic E-state index is -0.852. The highest BCUT2D eigenvalue weighted by Gasteiger charge is 2.21. The minimum absolute atomic E-state index is 0.270. The Balaban J connectivity index is 2.56. The van der Waals surface area contributed by atoms with E-state index in [1.807, 2.05) is 0 Å². The smallest absolute Gasteiger partial charge is 0.209 e. The molecule has 0 bridgehead atoms. The second kappa shape index (κ2) is 4.66. The Bertz CT molecular complexity index is 569. The summed E-state index contributed by atoms with van der Waals surface area (Å²) in [6, 6.07) is 3.91. The molecule has 17 heavy (non-hydrogen) atoms. The van der Waals surface area contributed by atoms with Crippen LogP contribution < -0.4 is 0 Å². The zero-order valence-corrected chi connectivity index (χ0v) is 11.2. The summed E-state index contributed by atoms with van der Waals surface area (Å²) < 4.78 is 27.5. The first-order valence-electron chi connectivity index (χ1n) is 4.74. The SMILES string of the molecule is Cc1ccsc1C(=O)c1c(F)cc(Br)cc1F. The van der Waals surface area contributed by atoms with Crippen molar-refractivity contribution in [3.63, 3.8) is 0 Å². The van der Waals surface area contributed by atoms with Crippen LogP contribution in [0.2, 0.25) is 0 Å². The molecule has 1 aromatic heterocycles. The van der Waals surface area contributed by atoms with Gasteiger partial charge in [0.1, 0.15) is 11.6 Å². The molecule has 0 spiro atoms. The molecule has 0 radical (unpaired) electrons. The monoisotopic (exact) mass is 316 g/mol. The lowest BCUT2D eigenvalue weighted by Gasteiger charge is -2.04. The van der Waals surface area contributed by atoms with Crippen LogP contribution in [0, 0.1) is 18.6 Å². The highest BCUT2D eigenvalue weighted by atomic mass is 79.9. The number of hydrogen-bond donors (Lipinski definition) is 0. The van der Waals surface area contributed by atoms with Crippen LogP contribution in [0.3, 0.4) is 0 Å². The summed E-state index contributed by atoms with van der Waals surface area (Å²) >= 11 is 4.15. The van der Waals surface area contributed by atoms with Gasteiger partial charge in [-0.25, -0.2) is 8.78 Å². The van der Waals surface area contributed by atoms with Crippen LogP contribution >= 0.6 is 27.3 Å². The van der Waals surface area contributed by atoms with Crippen LogP contribution in [0.5, 0.6) is 0 Å². The Kier molecular flexibility index (Phi) is 3.40. The molecule has 0 fully saturated rings. The molecule has 0 aliphatic carbocycles. The van der Waals surface area contributed by atoms with Crippen LogP contribution in [-0.4, -0.2) is 5.78 Å². The summed E-state index contributed by atoms with van der Waals surface area (Å²) in [7, 11) is 0. The molecule has 2 rings (SSSR count). The third-order valence-electron chi connectivity index (χ3n) is 2.30. The van der Waals surface area contributed by atoms with Crippen molar-refractivity contribution in [3.8, 4) is 0 Å². The number of carbonyl (C=O) groups is 1. The molecule has 1 aromatic carbocycles. The fourth-order valence-corrected chi connectivity index (χ4v) is 2.75. The van der Waals surface area contributed by atoms with Gasteiger partial charge in [-0.2, -0.15) is 0 Å². The summed E-state index contributed by atoms with van der Waals surface area (Å²) in [5.41, 5.74) is 0.223. The number of carbonyl (C=O) groups excluding carboxylic acids is 1. The number of rotatable bonds is 2. The van der Waals surface area contributed by atoms with Crippen molar-refractivity contribution in [2.75, 3.05) is 0 Å². The number of halogens is 3. The Morgan fingerprint density at radius 1 is 1.29 bits per heavy atom. The van der Waals surface area contributed by atoms with E-state index in [0.717, 1.165) is 17.7 Å². The number of benzene rings is 1. The highest BCUT2D eigenvalue weighted by molar-refractivity contribution is 9.10. The van der Waals surface area contributed by atoms with Crippen molar-refractivity contribution in [2.45, 2.75) is 6.92 Å². The van der Waals surface area contributed by atoms with E-state index in [-0.39, 0.29) is 4.47 Å². The van der Waals surface area contributed by atoms with Gasteiger partial charge in [-0.05, 0) is 36.1 Å². The van der Waals surface area contributed by atoms with Crippen LogP contribution in [0.1, 0.15) is 20.8 Å². The maximum atomic E-state index is 13.6. The molecule has 0 aliphatic heterocycles. The zero-order valence-electron chi connectivity index (χ0n) is 8.76. The lowest BCUT2D eigenvalue weighted by molar-refractivity contribution is 0.103. The molecule has 2 aromatic rings. The number of ketones is 1. The van der Waals surface area contributed by atoms with Gasteiger partial charge in [-0.1, -0.05) is 15.9 Å². The first-order chi connectivity index (χ1) is 8.00. The standard InChI is InChI=1S/C12H7BrF2OS/c1-6-2-3-17-12(6)11(16)10-8(14)4-7(13)5-9(10)15/h2-5H,1H3. The Morgan fingerprint density at radius 2 is 1.88 bits per heavy atom. The Hall–Kier alpha value is -1.07. The van der Waals surface area contributed by atoms with Gasteiger partial charge in [-0.3, -0.25) is 4.79 Å². The molecule has 0 aliphatic rings. The minimum Gasteiger partial charge on any atom is -0.287 e. The predicted octanol–water partition coefficient (Wildman–Crippen LogP) is 4.33. The van der Waals surface area contributed by atoms with Crippen molar-refractivity contribution in [1.82, 2.24) is 0 Å². The van der Waals surface area contributed by atoms with E-state index in [1.54, 1.807) is 18.4 Å². The van der Waals surface area contributed by atoms with Gasteiger partial charge in [0, 0.05) is 4.47 Å². The third-order valence-corrected chi connectivity index (χ3v) is 3.78. The fourth-order valence-electron chi connectivity index (χ4n) is 1.48. The molecule has 0 saturated heterocycles. The van der Waals surface area contributed by atoms with E-state index < -0.39 is 23.0 Å². The van der Waals surface area contributed by atoms with Crippen molar-refractivity contribution in [2.24, 2.45) is 0 Å². The summed E-state index contributed by atoms with van der Waals surface area (Å²) in [6.07, 6.45) is 0. The maximum absolute atomic E-state index is 13.6. The fraction of sp³-hybridized carbons (Fsp3) is 0.0833. The molecule has 0 N–H and O–H groups in total. The van der Waals surface area contributed by atoms with E-state index in [2.05, 4.69) is 15.9 Å². The quantitative estimate of drug-likeness (QED) is 0.754. The van der Waals surface area contributed by atoms with E-state index in [4.69, 9.17) is 0 Å². The lowest BCUT2D eigenvalue weighted by Crippen LogP contribution is -2.07. The molecular formula is C12H7BrF2OS. The van der Waals surface area contributed by atoms with Crippen molar-refractivity contribution >= 4 is 33.0 Å². The molecule has 5 heteroatoms. The second-order valence-electron chi connectivity index (χ2n) is 3.51. The molecule has 1 heterocycles. The first kappa shape index (κ1) is 12.4. The summed E-state index contributed by atoms with van der Waals surface area (Å²) in [5.74, 6) is -2.32. The first-order valence-corrected chi connectivity index (χ1v) is 6.41.